The highest BCUT2D eigenvalue weighted by Crippen LogP contribution is 2.38. The van der Waals surface area contributed by atoms with E-state index < -0.39 is 0 Å². The highest BCUT2D eigenvalue weighted by Gasteiger charge is 2.24. The molecule has 1 heterocycles. The van der Waals surface area contributed by atoms with Crippen LogP contribution in [0.4, 0.5) is 0 Å². The van der Waals surface area contributed by atoms with E-state index in [0.29, 0.717) is 17.9 Å². The smallest absolute Gasteiger partial charge is 0.170 e. The van der Waals surface area contributed by atoms with Crippen LogP contribution in [0.5, 0.6) is 0 Å². The van der Waals surface area contributed by atoms with E-state index in [1.165, 1.54) is 19.0 Å². The zero-order valence-corrected chi connectivity index (χ0v) is 6.03. The van der Waals surface area contributed by atoms with Crippen molar-refractivity contribution in [3.63, 3.8) is 0 Å². The standard InChI is InChI=1S/C8H8N2O/c11-5-7-3-10-8(4-9-7)6-1-2-6/h3-6H,1-2H2. The minimum atomic E-state index is 0.411. The molecule has 1 aliphatic rings. The fourth-order valence-corrected chi connectivity index (χ4v) is 0.999. The second kappa shape index (κ2) is 2.42. The topological polar surface area (TPSA) is 42.9 Å². The van der Waals surface area contributed by atoms with Crippen molar-refractivity contribution in [2.45, 2.75) is 18.8 Å². The monoisotopic (exact) mass is 148 g/mol. The van der Waals surface area contributed by atoms with Crippen molar-refractivity contribution >= 4 is 6.29 Å². The number of aromatic nitrogens is 2. The van der Waals surface area contributed by atoms with E-state index in [2.05, 4.69) is 9.97 Å². The fraction of sp³-hybridized carbons (Fsp3) is 0.375. The Morgan fingerprint density at radius 1 is 1.36 bits per heavy atom. The maximum absolute atomic E-state index is 10.2. The average molecular weight is 148 g/mol. The van der Waals surface area contributed by atoms with Gasteiger partial charge in [-0.25, -0.2) is 4.98 Å². The molecule has 1 saturated carbocycles. The summed E-state index contributed by atoms with van der Waals surface area (Å²) in [4.78, 5) is 18.2. The summed E-state index contributed by atoms with van der Waals surface area (Å²) in [6.45, 7) is 0. The van der Waals surface area contributed by atoms with Gasteiger partial charge in [0.25, 0.3) is 0 Å². The van der Waals surface area contributed by atoms with Gasteiger partial charge in [0.05, 0.1) is 11.9 Å². The fourth-order valence-electron chi connectivity index (χ4n) is 0.999. The minimum Gasteiger partial charge on any atom is -0.296 e. The first-order valence-electron chi connectivity index (χ1n) is 3.67. The molecule has 0 aromatic carbocycles. The number of carbonyl (C=O) groups excluding carboxylic acids is 1. The molecule has 0 spiro atoms. The molecule has 2 rings (SSSR count). The third-order valence-electron chi connectivity index (χ3n) is 1.81. The lowest BCUT2D eigenvalue weighted by Crippen LogP contribution is -1.92. The maximum Gasteiger partial charge on any atom is 0.170 e. The number of rotatable bonds is 2. The molecule has 1 aliphatic carbocycles. The first kappa shape index (κ1) is 6.46. The number of nitrogens with zero attached hydrogens (tertiary/aromatic N) is 2. The van der Waals surface area contributed by atoms with E-state index in [9.17, 15) is 4.79 Å². The van der Waals surface area contributed by atoms with Crippen molar-refractivity contribution in [2.75, 3.05) is 0 Å². The Labute approximate surface area is 64.5 Å². The summed E-state index contributed by atoms with van der Waals surface area (Å²) in [6, 6.07) is 0. The molecule has 0 radical (unpaired) electrons. The molecule has 56 valence electrons. The van der Waals surface area contributed by atoms with Gasteiger partial charge in [-0.1, -0.05) is 0 Å². The molecule has 0 atom stereocenters. The molecule has 0 unspecified atom stereocenters. The van der Waals surface area contributed by atoms with Crippen molar-refractivity contribution in [1.82, 2.24) is 9.97 Å². The lowest BCUT2D eigenvalue weighted by molar-refractivity contribution is 0.111. The van der Waals surface area contributed by atoms with E-state index in [4.69, 9.17) is 0 Å². The van der Waals surface area contributed by atoms with Crippen molar-refractivity contribution < 1.29 is 4.79 Å². The van der Waals surface area contributed by atoms with Gasteiger partial charge in [0, 0.05) is 12.1 Å². The lowest BCUT2D eigenvalue weighted by atomic mass is 10.3. The Morgan fingerprint density at radius 3 is 2.64 bits per heavy atom. The second-order valence-electron chi connectivity index (χ2n) is 2.76. The normalized spacial score (nSPS) is 16.4. The highest BCUT2D eigenvalue weighted by molar-refractivity contribution is 5.70. The third kappa shape index (κ3) is 1.27. The molecule has 0 N–H and O–H groups in total. The van der Waals surface area contributed by atoms with Gasteiger partial charge < -0.3 is 0 Å². The van der Waals surface area contributed by atoms with Crippen LogP contribution < -0.4 is 0 Å². The van der Waals surface area contributed by atoms with Crippen LogP contribution in [0.1, 0.15) is 34.9 Å². The number of aldehydes is 1. The molecule has 1 aromatic rings. The summed E-state index contributed by atoms with van der Waals surface area (Å²) in [7, 11) is 0. The largest absolute Gasteiger partial charge is 0.296 e. The first-order valence-corrected chi connectivity index (χ1v) is 3.67. The molecule has 3 nitrogen and oxygen atoms in total. The quantitative estimate of drug-likeness (QED) is 0.591. The highest BCUT2D eigenvalue weighted by atomic mass is 16.1. The molecule has 1 fully saturated rings. The molecule has 0 bridgehead atoms. The van der Waals surface area contributed by atoms with E-state index >= 15 is 0 Å². The molecule has 11 heavy (non-hydrogen) atoms. The van der Waals surface area contributed by atoms with Gasteiger partial charge in [-0.2, -0.15) is 0 Å². The molecule has 0 amide bonds. The van der Waals surface area contributed by atoms with Crippen LogP contribution in [0.2, 0.25) is 0 Å². The predicted molar refractivity (Wildman–Crippen MR) is 39.4 cm³/mol. The third-order valence-corrected chi connectivity index (χ3v) is 1.81. The van der Waals surface area contributed by atoms with E-state index in [-0.39, 0.29) is 0 Å². The zero-order valence-electron chi connectivity index (χ0n) is 6.03. The first-order chi connectivity index (χ1) is 5.40. The SMILES string of the molecule is O=Cc1cnc(C2CC2)cn1. The molecule has 1 aromatic heterocycles. The molecular weight excluding hydrogens is 140 g/mol. The summed E-state index contributed by atoms with van der Waals surface area (Å²) in [6.07, 6.45) is 6.37. The van der Waals surface area contributed by atoms with E-state index in [1.54, 1.807) is 6.20 Å². The van der Waals surface area contributed by atoms with Gasteiger partial charge in [0.15, 0.2) is 6.29 Å². The van der Waals surface area contributed by atoms with Gasteiger partial charge >= 0.3 is 0 Å². The Bertz CT molecular complexity index is 264. The predicted octanol–water partition coefficient (Wildman–Crippen LogP) is 1.17. The maximum atomic E-state index is 10.2. The van der Waals surface area contributed by atoms with Gasteiger partial charge in [-0.05, 0) is 12.8 Å². The van der Waals surface area contributed by atoms with Crippen LogP contribution in [-0.2, 0) is 0 Å². The lowest BCUT2D eigenvalue weighted by Gasteiger charge is -1.93. The van der Waals surface area contributed by atoms with Gasteiger partial charge in [0.2, 0.25) is 0 Å². The minimum absolute atomic E-state index is 0.411. The second-order valence-corrected chi connectivity index (χ2v) is 2.76. The van der Waals surface area contributed by atoms with Crippen molar-refractivity contribution in [3.8, 4) is 0 Å². The van der Waals surface area contributed by atoms with Gasteiger partial charge in [-0.15, -0.1) is 0 Å². The molecular formula is C8H8N2O. The van der Waals surface area contributed by atoms with Crippen molar-refractivity contribution in [1.29, 1.82) is 0 Å². The Hall–Kier alpha value is -1.25. The van der Waals surface area contributed by atoms with E-state index in [0.717, 1.165) is 5.69 Å². The average Bonchev–Trinajstić information content (AvgIpc) is 2.87. The van der Waals surface area contributed by atoms with Crippen molar-refractivity contribution in [3.05, 3.63) is 23.8 Å². The zero-order chi connectivity index (χ0) is 7.68. The number of hydrogen-bond acceptors (Lipinski definition) is 3. The van der Waals surface area contributed by atoms with Crippen LogP contribution in [0.25, 0.3) is 0 Å². The van der Waals surface area contributed by atoms with Crippen LogP contribution in [0, 0.1) is 0 Å². The summed E-state index contributed by atoms with van der Waals surface area (Å²) in [5.41, 5.74) is 1.44. The summed E-state index contributed by atoms with van der Waals surface area (Å²) >= 11 is 0. The van der Waals surface area contributed by atoms with Crippen molar-refractivity contribution in [2.24, 2.45) is 0 Å². The summed E-state index contributed by atoms with van der Waals surface area (Å²) in [5.74, 6) is 0.614. The summed E-state index contributed by atoms with van der Waals surface area (Å²) in [5, 5.41) is 0. The van der Waals surface area contributed by atoms with Gasteiger partial charge in [0.1, 0.15) is 5.69 Å². The Kier molecular flexibility index (Phi) is 1.42. The van der Waals surface area contributed by atoms with Crippen LogP contribution in [0.15, 0.2) is 12.4 Å². The summed E-state index contributed by atoms with van der Waals surface area (Å²) < 4.78 is 0. The van der Waals surface area contributed by atoms with Gasteiger partial charge in [-0.3, -0.25) is 9.78 Å². The van der Waals surface area contributed by atoms with Crippen LogP contribution >= 0.6 is 0 Å². The van der Waals surface area contributed by atoms with Crippen LogP contribution in [0.3, 0.4) is 0 Å². The molecule has 0 saturated heterocycles. The van der Waals surface area contributed by atoms with E-state index in [1.807, 2.05) is 0 Å². The molecule has 0 aliphatic heterocycles. The van der Waals surface area contributed by atoms with Crippen LogP contribution in [-0.4, -0.2) is 16.3 Å². The Balaban J connectivity index is 2.25. The molecule has 3 heteroatoms. The number of hydrogen-bond donors (Lipinski definition) is 0. The Morgan fingerprint density at radius 2 is 2.18 bits per heavy atom. The number of carbonyl (C=O) groups is 1.